The van der Waals surface area contributed by atoms with E-state index in [1.165, 1.54) is 0 Å². The first-order valence-corrected chi connectivity index (χ1v) is 8.72. The SMILES string of the molecule is CC(N)C1CCCN(S(=O)(=O)CCc2ccncc2)C1. The van der Waals surface area contributed by atoms with Crippen LogP contribution < -0.4 is 5.73 Å². The van der Waals surface area contributed by atoms with Gasteiger partial charge in [0.05, 0.1) is 5.75 Å². The lowest BCUT2D eigenvalue weighted by atomic mass is 9.93. The fraction of sp³-hybridized carbons (Fsp3) is 0.643. The molecule has 1 saturated heterocycles. The van der Waals surface area contributed by atoms with E-state index in [0.29, 0.717) is 19.5 Å². The molecule has 0 aromatic carbocycles. The van der Waals surface area contributed by atoms with E-state index in [4.69, 9.17) is 5.73 Å². The zero-order valence-corrected chi connectivity index (χ0v) is 12.7. The number of sulfonamides is 1. The van der Waals surface area contributed by atoms with Gasteiger partial charge in [-0.05, 0) is 49.8 Å². The molecule has 20 heavy (non-hydrogen) atoms. The number of hydrogen-bond donors (Lipinski definition) is 1. The van der Waals surface area contributed by atoms with Crippen molar-refractivity contribution in [2.45, 2.75) is 32.2 Å². The van der Waals surface area contributed by atoms with Crippen molar-refractivity contribution in [1.82, 2.24) is 9.29 Å². The highest BCUT2D eigenvalue weighted by Gasteiger charge is 2.29. The molecule has 6 heteroatoms. The van der Waals surface area contributed by atoms with Gasteiger partial charge in [-0.1, -0.05) is 0 Å². The summed E-state index contributed by atoms with van der Waals surface area (Å²) in [5.74, 6) is 0.433. The molecule has 112 valence electrons. The molecule has 1 aromatic rings. The van der Waals surface area contributed by atoms with Crippen molar-refractivity contribution in [2.75, 3.05) is 18.8 Å². The Hall–Kier alpha value is -0.980. The second-order valence-electron chi connectivity index (χ2n) is 5.54. The molecule has 5 nitrogen and oxygen atoms in total. The van der Waals surface area contributed by atoms with Crippen molar-refractivity contribution in [3.63, 3.8) is 0 Å². The summed E-state index contributed by atoms with van der Waals surface area (Å²) in [4.78, 5) is 3.94. The minimum Gasteiger partial charge on any atom is -0.328 e. The molecule has 2 unspecified atom stereocenters. The molecule has 2 N–H and O–H groups in total. The fourth-order valence-corrected chi connectivity index (χ4v) is 4.16. The molecule has 0 bridgehead atoms. The van der Waals surface area contributed by atoms with Crippen molar-refractivity contribution in [1.29, 1.82) is 0 Å². The van der Waals surface area contributed by atoms with Gasteiger partial charge in [0.25, 0.3) is 0 Å². The Labute approximate surface area is 121 Å². The van der Waals surface area contributed by atoms with E-state index >= 15 is 0 Å². The Morgan fingerprint density at radius 1 is 1.45 bits per heavy atom. The minimum atomic E-state index is -3.19. The van der Waals surface area contributed by atoms with Gasteiger partial charge in [-0.2, -0.15) is 0 Å². The molecule has 1 fully saturated rings. The molecule has 2 atom stereocenters. The summed E-state index contributed by atoms with van der Waals surface area (Å²) in [6.45, 7) is 3.15. The Kier molecular flexibility index (Phi) is 5.12. The zero-order chi connectivity index (χ0) is 14.6. The molecule has 1 aliphatic heterocycles. The number of aromatic nitrogens is 1. The van der Waals surface area contributed by atoms with E-state index in [2.05, 4.69) is 4.98 Å². The first-order chi connectivity index (χ1) is 9.49. The lowest BCUT2D eigenvalue weighted by molar-refractivity contribution is 0.243. The summed E-state index contributed by atoms with van der Waals surface area (Å²) < 4.78 is 26.4. The molecule has 2 rings (SSSR count). The lowest BCUT2D eigenvalue weighted by Crippen LogP contribution is -2.45. The summed E-state index contributed by atoms with van der Waals surface area (Å²) in [7, 11) is -3.19. The smallest absolute Gasteiger partial charge is 0.214 e. The highest BCUT2D eigenvalue weighted by atomic mass is 32.2. The molecular formula is C14H23N3O2S. The quantitative estimate of drug-likeness (QED) is 0.880. The zero-order valence-electron chi connectivity index (χ0n) is 11.9. The van der Waals surface area contributed by atoms with Crippen molar-refractivity contribution < 1.29 is 8.42 Å². The van der Waals surface area contributed by atoms with Gasteiger partial charge in [0.2, 0.25) is 10.0 Å². The average Bonchev–Trinajstić information content (AvgIpc) is 2.46. The van der Waals surface area contributed by atoms with Gasteiger partial charge in [0.15, 0.2) is 0 Å². The molecular weight excluding hydrogens is 274 g/mol. The standard InChI is InChI=1S/C14H23N3O2S/c1-12(15)14-3-2-9-17(11-14)20(18,19)10-6-13-4-7-16-8-5-13/h4-5,7-8,12,14H,2-3,6,9-11,15H2,1H3. The van der Waals surface area contributed by atoms with Gasteiger partial charge in [-0.3, -0.25) is 4.98 Å². The van der Waals surface area contributed by atoms with Gasteiger partial charge < -0.3 is 5.73 Å². The minimum absolute atomic E-state index is 0.0493. The number of pyridine rings is 1. The molecule has 1 aromatic heterocycles. The number of rotatable bonds is 5. The van der Waals surface area contributed by atoms with Crippen LogP contribution in [0.25, 0.3) is 0 Å². The van der Waals surface area contributed by atoms with Crippen molar-refractivity contribution in [2.24, 2.45) is 11.7 Å². The topological polar surface area (TPSA) is 76.3 Å². The van der Waals surface area contributed by atoms with E-state index in [0.717, 1.165) is 18.4 Å². The van der Waals surface area contributed by atoms with E-state index in [1.54, 1.807) is 16.7 Å². The monoisotopic (exact) mass is 297 g/mol. The van der Waals surface area contributed by atoms with Crippen LogP contribution in [-0.2, 0) is 16.4 Å². The van der Waals surface area contributed by atoms with Gasteiger partial charge in [0, 0.05) is 31.5 Å². The van der Waals surface area contributed by atoms with Crippen LogP contribution in [0, 0.1) is 5.92 Å². The normalized spacial score (nSPS) is 22.6. The van der Waals surface area contributed by atoms with Crippen LogP contribution in [0.5, 0.6) is 0 Å². The number of aryl methyl sites for hydroxylation is 1. The summed E-state index contributed by atoms with van der Waals surface area (Å²) in [6.07, 6.45) is 5.84. The van der Waals surface area contributed by atoms with Crippen LogP contribution in [-0.4, -0.2) is 42.6 Å². The number of hydrogen-bond acceptors (Lipinski definition) is 4. The molecule has 0 amide bonds. The van der Waals surface area contributed by atoms with Crippen LogP contribution in [0.15, 0.2) is 24.5 Å². The van der Waals surface area contributed by atoms with Gasteiger partial charge in [-0.25, -0.2) is 12.7 Å². The Balaban J connectivity index is 1.96. The van der Waals surface area contributed by atoms with Crippen molar-refractivity contribution >= 4 is 10.0 Å². The molecule has 0 aliphatic carbocycles. The highest BCUT2D eigenvalue weighted by Crippen LogP contribution is 2.21. The van der Waals surface area contributed by atoms with Crippen LogP contribution in [0.2, 0.25) is 0 Å². The second kappa shape index (κ2) is 6.65. The van der Waals surface area contributed by atoms with E-state index in [1.807, 2.05) is 19.1 Å². The average molecular weight is 297 g/mol. The molecule has 2 heterocycles. The molecule has 0 radical (unpaired) electrons. The largest absolute Gasteiger partial charge is 0.328 e. The van der Waals surface area contributed by atoms with Gasteiger partial charge in [0.1, 0.15) is 0 Å². The number of nitrogens with two attached hydrogens (primary N) is 1. The molecule has 0 spiro atoms. The number of nitrogens with zero attached hydrogens (tertiary/aromatic N) is 2. The first-order valence-electron chi connectivity index (χ1n) is 7.11. The van der Waals surface area contributed by atoms with E-state index in [9.17, 15) is 8.42 Å². The Morgan fingerprint density at radius 2 is 2.15 bits per heavy atom. The third kappa shape index (κ3) is 4.01. The van der Waals surface area contributed by atoms with Gasteiger partial charge >= 0.3 is 0 Å². The predicted octanol–water partition coefficient (Wildman–Crippen LogP) is 1.01. The number of piperidine rings is 1. The van der Waals surface area contributed by atoms with Crippen molar-refractivity contribution in [3.05, 3.63) is 30.1 Å². The van der Waals surface area contributed by atoms with E-state index in [-0.39, 0.29) is 17.7 Å². The van der Waals surface area contributed by atoms with Gasteiger partial charge in [-0.15, -0.1) is 0 Å². The first kappa shape index (κ1) is 15.4. The highest BCUT2D eigenvalue weighted by molar-refractivity contribution is 7.89. The fourth-order valence-electron chi connectivity index (χ4n) is 2.58. The maximum atomic E-state index is 12.4. The Bertz CT molecular complexity index is 516. The summed E-state index contributed by atoms with van der Waals surface area (Å²) in [5.41, 5.74) is 6.91. The van der Waals surface area contributed by atoms with Crippen LogP contribution in [0.1, 0.15) is 25.3 Å². The predicted molar refractivity (Wildman–Crippen MR) is 79.7 cm³/mol. The summed E-state index contributed by atoms with van der Waals surface area (Å²) >= 11 is 0. The molecule has 1 aliphatic rings. The summed E-state index contributed by atoms with van der Waals surface area (Å²) in [5, 5.41) is 0. The third-order valence-electron chi connectivity index (χ3n) is 3.96. The maximum absolute atomic E-state index is 12.4. The van der Waals surface area contributed by atoms with Crippen LogP contribution in [0.4, 0.5) is 0 Å². The van der Waals surface area contributed by atoms with Crippen molar-refractivity contribution in [3.8, 4) is 0 Å². The lowest BCUT2D eigenvalue weighted by Gasteiger charge is -2.33. The maximum Gasteiger partial charge on any atom is 0.214 e. The van der Waals surface area contributed by atoms with E-state index < -0.39 is 10.0 Å². The van der Waals surface area contributed by atoms with Crippen LogP contribution >= 0.6 is 0 Å². The third-order valence-corrected chi connectivity index (χ3v) is 5.79. The summed E-state index contributed by atoms with van der Waals surface area (Å²) in [6, 6.07) is 3.76. The second-order valence-corrected chi connectivity index (χ2v) is 7.63. The van der Waals surface area contributed by atoms with Crippen LogP contribution in [0.3, 0.4) is 0 Å². The Morgan fingerprint density at radius 3 is 2.80 bits per heavy atom. The molecule has 0 saturated carbocycles.